The Labute approximate surface area is 71.2 Å². The largest absolute Gasteiger partial charge is 0.363 e. The Morgan fingerprint density at radius 1 is 0.909 bits per heavy atom. The molecule has 1 heterocycles. The van der Waals surface area contributed by atoms with Crippen LogP contribution in [0.2, 0.25) is 13.6 Å². The lowest BCUT2D eigenvalue weighted by molar-refractivity contribution is 0.562. The Morgan fingerprint density at radius 3 is 1.64 bits per heavy atom. The van der Waals surface area contributed by atoms with Crippen LogP contribution in [0.3, 0.4) is 0 Å². The summed E-state index contributed by atoms with van der Waals surface area (Å²) in [6, 6.07) is 0. The molecule has 1 rings (SSSR count). The zero-order valence-corrected chi connectivity index (χ0v) is 8.20. The van der Waals surface area contributed by atoms with Crippen molar-refractivity contribution < 1.29 is 0 Å². The third kappa shape index (κ3) is 1.63. The topological polar surface area (TPSA) is 9.72 Å². The fourth-order valence-corrected chi connectivity index (χ4v) is 1.52. The Balaban J connectivity index is 2.63. The Kier molecular flexibility index (Phi) is 2.68. The van der Waals surface area contributed by atoms with Gasteiger partial charge in [-0.2, -0.15) is 0 Å². The summed E-state index contributed by atoms with van der Waals surface area (Å²) >= 11 is 0. The van der Waals surface area contributed by atoms with E-state index in [9.17, 15) is 0 Å². The highest BCUT2D eigenvalue weighted by Crippen LogP contribution is 2.08. The van der Waals surface area contributed by atoms with Crippen LogP contribution in [0.4, 0.5) is 0 Å². The van der Waals surface area contributed by atoms with Gasteiger partial charge in [0.1, 0.15) is 0 Å². The lowest BCUT2D eigenvalue weighted by atomic mass is 9.53. The molecule has 1 aliphatic rings. The van der Waals surface area contributed by atoms with E-state index in [-0.39, 0.29) is 0 Å². The molecule has 0 aromatic rings. The molecule has 0 bridgehead atoms. The van der Waals surface area contributed by atoms with Crippen molar-refractivity contribution in [2.45, 2.75) is 13.6 Å². The van der Waals surface area contributed by atoms with Crippen molar-refractivity contribution in [1.82, 2.24) is 14.2 Å². The smallest absolute Gasteiger partial charge is 0.286 e. The van der Waals surface area contributed by atoms with Crippen LogP contribution < -0.4 is 0 Å². The van der Waals surface area contributed by atoms with Crippen LogP contribution >= 0.6 is 0 Å². The molecule has 1 fully saturated rings. The predicted octanol–water partition coefficient (Wildman–Crippen LogP) is -0.702. The van der Waals surface area contributed by atoms with Gasteiger partial charge in [-0.15, -0.1) is 0 Å². The minimum absolute atomic E-state index is 0.557. The molecule has 11 heavy (non-hydrogen) atoms. The fourth-order valence-electron chi connectivity index (χ4n) is 1.52. The average molecular weight is 151 g/mol. The summed E-state index contributed by atoms with van der Waals surface area (Å²) in [7, 11) is 7.54. The summed E-state index contributed by atoms with van der Waals surface area (Å²) in [4.78, 5) is 0. The molecule has 0 spiro atoms. The predicted molar refractivity (Wildman–Crippen MR) is 53.7 cm³/mol. The van der Waals surface area contributed by atoms with Gasteiger partial charge in [0.05, 0.1) is 0 Å². The van der Waals surface area contributed by atoms with Crippen LogP contribution in [0.15, 0.2) is 0 Å². The van der Waals surface area contributed by atoms with Crippen molar-refractivity contribution in [3.8, 4) is 0 Å². The van der Waals surface area contributed by atoms with Crippen molar-refractivity contribution in [2.24, 2.45) is 0 Å². The molecule has 0 atom stereocenters. The molecule has 0 saturated carbocycles. The minimum Gasteiger partial charge on any atom is -0.363 e. The van der Waals surface area contributed by atoms with Gasteiger partial charge in [-0.05, 0) is 21.1 Å². The number of hydrogen-bond acceptors (Lipinski definition) is 3. The molecule has 0 aliphatic carbocycles. The zero-order valence-electron chi connectivity index (χ0n) is 8.20. The first-order chi connectivity index (χ1) is 5.04. The lowest BCUT2D eigenvalue weighted by Crippen LogP contribution is -2.67. The summed E-state index contributed by atoms with van der Waals surface area (Å²) in [6.07, 6.45) is 0. The maximum Gasteiger partial charge on any atom is 0.286 e. The van der Waals surface area contributed by atoms with E-state index < -0.39 is 0 Å². The van der Waals surface area contributed by atoms with Crippen LogP contribution in [0.1, 0.15) is 0 Å². The van der Waals surface area contributed by atoms with Gasteiger partial charge in [0, 0.05) is 0 Å². The normalized spacial score (nSPS) is 24.1. The number of rotatable bonds is 0. The molecule has 0 radical (unpaired) electrons. The first-order valence-corrected chi connectivity index (χ1v) is 4.16. The van der Waals surface area contributed by atoms with E-state index in [0.717, 1.165) is 7.55 Å². The zero-order chi connectivity index (χ0) is 8.59. The van der Waals surface area contributed by atoms with Gasteiger partial charge in [-0.1, -0.05) is 13.6 Å². The minimum atomic E-state index is 0.557. The van der Waals surface area contributed by atoms with Crippen molar-refractivity contribution in [3.05, 3.63) is 0 Å². The number of nitrogens with zero attached hydrogens (tertiary/aromatic N) is 3. The fraction of sp³-hybridized carbons (Fsp3) is 1.00. The molecule has 0 amide bonds. The van der Waals surface area contributed by atoms with Crippen LogP contribution in [-0.4, -0.2) is 56.8 Å². The van der Waals surface area contributed by atoms with E-state index >= 15 is 0 Å². The first-order valence-electron chi connectivity index (χ1n) is 4.16. The Morgan fingerprint density at radius 2 is 1.27 bits per heavy atom. The monoisotopic (exact) mass is 151 g/mol. The summed E-state index contributed by atoms with van der Waals surface area (Å²) in [6.45, 7) is 5.59. The maximum absolute atomic E-state index is 2.36. The standard InChI is InChI=1S/C5H16B3N3/c1-7-9(3)6-10(4)8(2)11(7)5/h6H,1-5H3. The molecule has 0 aromatic carbocycles. The quantitative estimate of drug-likeness (QED) is 0.423. The van der Waals surface area contributed by atoms with Crippen molar-refractivity contribution >= 4 is 21.5 Å². The highest BCUT2D eigenvalue weighted by atomic mass is 15.3. The third-order valence-electron chi connectivity index (χ3n) is 2.90. The van der Waals surface area contributed by atoms with Crippen molar-refractivity contribution in [1.29, 1.82) is 0 Å². The third-order valence-corrected chi connectivity index (χ3v) is 2.90. The molecular weight excluding hydrogens is 135 g/mol. The van der Waals surface area contributed by atoms with Gasteiger partial charge in [0.25, 0.3) is 21.5 Å². The average Bonchev–Trinajstić information content (AvgIpc) is 1.97. The molecule has 0 aromatic heterocycles. The summed E-state index contributed by atoms with van der Waals surface area (Å²) in [5.41, 5.74) is 0. The van der Waals surface area contributed by atoms with Gasteiger partial charge in [0.2, 0.25) is 0 Å². The second kappa shape index (κ2) is 3.21. The van der Waals surface area contributed by atoms with Crippen molar-refractivity contribution in [3.63, 3.8) is 0 Å². The van der Waals surface area contributed by atoms with E-state index in [1.807, 2.05) is 0 Å². The summed E-state index contributed by atoms with van der Waals surface area (Å²) in [5.74, 6) is 0. The highest BCUT2D eigenvalue weighted by molar-refractivity contribution is 6.79. The van der Waals surface area contributed by atoms with Crippen LogP contribution in [0.5, 0.6) is 0 Å². The van der Waals surface area contributed by atoms with Gasteiger partial charge in [-0.3, -0.25) is 0 Å². The van der Waals surface area contributed by atoms with Crippen molar-refractivity contribution in [2.75, 3.05) is 21.1 Å². The number of hydrogen-bond donors (Lipinski definition) is 0. The van der Waals surface area contributed by atoms with Gasteiger partial charge in [0.15, 0.2) is 0 Å². The molecule has 1 saturated heterocycles. The summed E-state index contributed by atoms with van der Waals surface area (Å²) < 4.78 is 7.03. The molecule has 3 nitrogen and oxygen atoms in total. The SMILES string of the molecule is CB1N(C)BN(C)B(C)N1C. The second-order valence-electron chi connectivity index (χ2n) is 3.58. The lowest BCUT2D eigenvalue weighted by Gasteiger charge is -2.43. The van der Waals surface area contributed by atoms with Gasteiger partial charge >= 0.3 is 0 Å². The summed E-state index contributed by atoms with van der Waals surface area (Å²) in [5, 5.41) is 0. The molecule has 1 aliphatic heterocycles. The molecular formula is C5H16B3N3. The second-order valence-corrected chi connectivity index (χ2v) is 3.58. The Hall–Kier alpha value is 0.0748. The molecule has 0 N–H and O–H groups in total. The van der Waals surface area contributed by atoms with E-state index in [1.54, 1.807) is 0 Å². The highest BCUT2D eigenvalue weighted by Gasteiger charge is 2.35. The van der Waals surface area contributed by atoms with Crippen LogP contribution in [0, 0.1) is 0 Å². The maximum atomic E-state index is 2.36. The molecule has 60 valence electrons. The van der Waals surface area contributed by atoms with Gasteiger partial charge in [-0.25, -0.2) is 0 Å². The van der Waals surface area contributed by atoms with E-state index in [0.29, 0.717) is 14.0 Å². The van der Waals surface area contributed by atoms with E-state index in [1.165, 1.54) is 0 Å². The van der Waals surface area contributed by atoms with Crippen LogP contribution in [-0.2, 0) is 0 Å². The van der Waals surface area contributed by atoms with E-state index in [2.05, 4.69) is 49.0 Å². The molecule has 0 unspecified atom stereocenters. The van der Waals surface area contributed by atoms with Gasteiger partial charge < -0.3 is 14.2 Å². The molecule has 6 heteroatoms. The first kappa shape index (κ1) is 9.17. The van der Waals surface area contributed by atoms with Crippen LogP contribution in [0.25, 0.3) is 0 Å². The van der Waals surface area contributed by atoms with E-state index in [4.69, 9.17) is 0 Å². The Bertz CT molecular complexity index is 131.